The van der Waals surface area contributed by atoms with Crippen LogP contribution in [0, 0.1) is 12.8 Å². The van der Waals surface area contributed by atoms with Crippen molar-refractivity contribution in [1.82, 2.24) is 4.90 Å². The molecule has 1 unspecified atom stereocenters. The fourth-order valence-corrected chi connectivity index (χ4v) is 7.20. The van der Waals surface area contributed by atoms with Gasteiger partial charge in [-0.15, -0.1) is 0 Å². The number of hydrogen-bond donors (Lipinski definition) is 0. The molecule has 2 aromatic carbocycles. The summed E-state index contributed by atoms with van der Waals surface area (Å²) in [5.74, 6) is 0.610. The number of benzene rings is 2. The monoisotopic (exact) mass is 473 g/mol. The number of carbonyl (C=O) groups is 2. The average Bonchev–Trinajstić information content (AvgIpc) is 3.65. The largest absolute Gasteiger partial charge is 0.456 e. The Labute approximate surface area is 207 Å². The Kier molecular flexibility index (Phi) is 5.61. The maximum atomic E-state index is 13.7. The summed E-state index contributed by atoms with van der Waals surface area (Å²) in [4.78, 5) is 29.0. The highest BCUT2D eigenvalue weighted by Crippen LogP contribution is 2.60. The molecule has 35 heavy (non-hydrogen) atoms. The summed E-state index contributed by atoms with van der Waals surface area (Å²) in [6.07, 6.45) is 4.46. The number of Topliss-reactive ketones (excluding diaryl/α,β-unsaturated/α-hetero) is 1. The van der Waals surface area contributed by atoms with Gasteiger partial charge in [-0.2, -0.15) is 0 Å². The lowest BCUT2D eigenvalue weighted by Crippen LogP contribution is -2.76. The van der Waals surface area contributed by atoms with E-state index in [1.807, 2.05) is 30.3 Å². The van der Waals surface area contributed by atoms with Crippen LogP contribution in [-0.2, 0) is 37.5 Å². The van der Waals surface area contributed by atoms with Crippen molar-refractivity contribution in [2.75, 3.05) is 13.1 Å². The van der Waals surface area contributed by atoms with E-state index in [-0.39, 0.29) is 17.8 Å². The molecule has 2 bridgehead atoms. The van der Waals surface area contributed by atoms with Gasteiger partial charge in [0.05, 0.1) is 12.6 Å². The lowest BCUT2D eigenvalue weighted by atomic mass is 9.48. The van der Waals surface area contributed by atoms with Crippen molar-refractivity contribution in [3.8, 4) is 0 Å². The lowest BCUT2D eigenvalue weighted by molar-refractivity contribution is -0.218. The Hall–Kier alpha value is -2.50. The SMILES string of the molecule is CC(=O)O[C@@]12CC(OCc3ccccc3)C(=O)C[C@@]13CCN(CC1CC1)[C@@H]2Cc1ccc(C)cc13. The van der Waals surface area contributed by atoms with Gasteiger partial charge in [-0.25, -0.2) is 0 Å². The third-order valence-electron chi connectivity index (χ3n) is 8.94. The normalized spacial score (nSPS) is 32.0. The second-order valence-electron chi connectivity index (χ2n) is 11.3. The van der Waals surface area contributed by atoms with Crippen LogP contribution < -0.4 is 0 Å². The summed E-state index contributed by atoms with van der Waals surface area (Å²) < 4.78 is 12.8. The molecule has 5 heteroatoms. The van der Waals surface area contributed by atoms with Crippen molar-refractivity contribution in [2.24, 2.45) is 5.92 Å². The van der Waals surface area contributed by atoms with E-state index in [1.54, 1.807) is 0 Å². The van der Waals surface area contributed by atoms with E-state index in [2.05, 4.69) is 30.0 Å². The van der Waals surface area contributed by atoms with Crippen molar-refractivity contribution in [1.29, 1.82) is 0 Å². The quantitative estimate of drug-likeness (QED) is 0.578. The zero-order valence-corrected chi connectivity index (χ0v) is 20.8. The molecule has 0 N–H and O–H groups in total. The summed E-state index contributed by atoms with van der Waals surface area (Å²) in [6.45, 7) is 6.00. The van der Waals surface area contributed by atoms with Crippen molar-refractivity contribution in [3.05, 3.63) is 70.8 Å². The Bertz CT molecular complexity index is 1140. The number of esters is 1. The Morgan fingerprint density at radius 2 is 1.94 bits per heavy atom. The van der Waals surface area contributed by atoms with Crippen LogP contribution in [0.25, 0.3) is 0 Å². The number of rotatable bonds is 6. The van der Waals surface area contributed by atoms with Crippen LogP contribution in [0.2, 0.25) is 0 Å². The molecule has 0 spiro atoms. The minimum Gasteiger partial charge on any atom is -0.456 e. The van der Waals surface area contributed by atoms with E-state index in [1.165, 1.54) is 36.5 Å². The number of hydrogen-bond acceptors (Lipinski definition) is 5. The zero-order valence-electron chi connectivity index (χ0n) is 20.8. The van der Waals surface area contributed by atoms with Gasteiger partial charge in [-0.05, 0) is 61.8 Å². The van der Waals surface area contributed by atoms with E-state index in [4.69, 9.17) is 9.47 Å². The van der Waals surface area contributed by atoms with E-state index in [0.717, 1.165) is 37.4 Å². The predicted octanol–water partition coefficient (Wildman–Crippen LogP) is 4.52. The summed E-state index contributed by atoms with van der Waals surface area (Å²) in [6, 6.07) is 16.7. The maximum absolute atomic E-state index is 13.7. The second-order valence-corrected chi connectivity index (χ2v) is 11.3. The molecule has 0 aromatic heterocycles. The van der Waals surface area contributed by atoms with Gasteiger partial charge in [0, 0.05) is 31.7 Å². The first-order valence-corrected chi connectivity index (χ1v) is 13.1. The third kappa shape index (κ3) is 3.84. The van der Waals surface area contributed by atoms with E-state index < -0.39 is 17.1 Å². The van der Waals surface area contributed by atoms with Crippen LogP contribution in [0.15, 0.2) is 48.5 Å². The first kappa shape index (κ1) is 22.9. The smallest absolute Gasteiger partial charge is 0.303 e. The van der Waals surface area contributed by atoms with Crippen LogP contribution in [0.4, 0.5) is 0 Å². The number of fused-ring (bicyclic) bond motifs is 1. The Morgan fingerprint density at radius 1 is 1.14 bits per heavy atom. The minimum atomic E-state index is -0.762. The zero-order chi connectivity index (χ0) is 24.2. The van der Waals surface area contributed by atoms with Gasteiger partial charge in [-0.1, -0.05) is 54.1 Å². The van der Waals surface area contributed by atoms with Crippen LogP contribution in [0.3, 0.4) is 0 Å². The van der Waals surface area contributed by atoms with Crippen molar-refractivity contribution in [2.45, 2.75) is 82.1 Å². The number of ether oxygens (including phenoxy) is 2. The van der Waals surface area contributed by atoms with Gasteiger partial charge in [0.25, 0.3) is 0 Å². The van der Waals surface area contributed by atoms with Crippen LogP contribution >= 0.6 is 0 Å². The summed E-state index contributed by atoms with van der Waals surface area (Å²) in [5.41, 5.74) is 3.50. The average molecular weight is 474 g/mol. The van der Waals surface area contributed by atoms with Crippen LogP contribution in [-0.4, -0.2) is 47.5 Å². The van der Waals surface area contributed by atoms with E-state index in [0.29, 0.717) is 19.4 Å². The number of aryl methyl sites for hydroxylation is 1. The molecule has 4 aliphatic rings. The molecule has 1 aliphatic heterocycles. The molecular formula is C30H35NO4. The molecule has 4 atom stereocenters. The molecule has 2 saturated carbocycles. The fourth-order valence-electron chi connectivity index (χ4n) is 7.20. The standard InChI is InChI=1S/C30H35NO4/c1-20-8-11-24-15-28-30(35-21(2)32)17-27(34-19-23-6-4-3-5-7-23)26(33)16-29(30,25(24)14-20)12-13-31(28)18-22-9-10-22/h3-8,11,14,22,27-28H,9-10,12-13,15-19H2,1-2H3/t27?,28-,29-,30-/m1/s1. The molecule has 1 saturated heterocycles. The number of nitrogens with zero attached hydrogens (tertiary/aromatic N) is 1. The van der Waals surface area contributed by atoms with Crippen LogP contribution in [0.5, 0.6) is 0 Å². The molecule has 184 valence electrons. The lowest BCUT2D eigenvalue weighted by Gasteiger charge is -2.65. The predicted molar refractivity (Wildman–Crippen MR) is 133 cm³/mol. The molecular weight excluding hydrogens is 438 g/mol. The van der Waals surface area contributed by atoms with Gasteiger partial charge < -0.3 is 9.47 Å². The topological polar surface area (TPSA) is 55.8 Å². The third-order valence-corrected chi connectivity index (χ3v) is 8.94. The van der Waals surface area contributed by atoms with Crippen molar-refractivity contribution >= 4 is 11.8 Å². The summed E-state index contributed by atoms with van der Waals surface area (Å²) in [5, 5.41) is 0. The van der Waals surface area contributed by atoms with Crippen LogP contribution in [0.1, 0.15) is 61.3 Å². The van der Waals surface area contributed by atoms with Gasteiger partial charge in [-0.3, -0.25) is 14.5 Å². The highest BCUT2D eigenvalue weighted by molar-refractivity contribution is 5.87. The molecule has 0 radical (unpaired) electrons. The Morgan fingerprint density at radius 3 is 2.69 bits per heavy atom. The maximum Gasteiger partial charge on any atom is 0.303 e. The second kappa shape index (κ2) is 8.56. The fraction of sp³-hybridized carbons (Fsp3) is 0.533. The Balaban J connectivity index is 1.43. The molecule has 6 rings (SSSR count). The molecule has 3 fully saturated rings. The first-order chi connectivity index (χ1) is 16.9. The van der Waals surface area contributed by atoms with Gasteiger partial charge in [0.1, 0.15) is 11.7 Å². The van der Waals surface area contributed by atoms with Crippen molar-refractivity contribution < 1.29 is 19.1 Å². The number of likely N-dealkylation sites (tertiary alicyclic amines) is 1. The van der Waals surface area contributed by atoms with Gasteiger partial charge >= 0.3 is 5.97 Å². The molecule has 0 amide bonds. The van der Waals surface area contributed by atoms with E-state index in [9.17, 15) is 9.59 Å². The first-order valence-electron chi connectivity index (χ1n) is 13.1. The summed E-state index contributed by atoms with van der Waals surface area (Å²) >= 11 is 0. The van der Waals surface area contributed by atoms with Gasteiger partial charge in [0.2, 0.25) is 0 Å². The molecule has 3 aliphatic carbocycles. The highest BCUT2D eigenvalue weighted by atomic mass is 16.6. The minimum absolute atomic E-state index is 0.0619. The molecule has 2 aromatic rings. The molecule has 5 nitrogen and oxygen atoms in total. The molecule has 1 heterocycles. The van der Waals surface area contributed by atoms with Gasteiger partial charge in [0.15, 0.2) is 5.78 Å². The van der Waals surface area contributed by atoms with E-state index >= 15 is 0 Å². The number of carbonyl (C=O) groups excluding carboxylic acids is 2. The number of ketones is 1. The van der Waals surface area contributed by atoms with Crippen molar-refractivity contribution in [3.63, 3.8) is 0 Å². The summed E-state index contributed by atoms with van der Waals surface area (Å²) in [7, 11) is 0. The number of piperidine rings is 1. The highest BCUT2D eigenvalue weighted by Gasteiger charge is 2.69.